The van der Waals surface area contributed by atoms with Crippen molar-refractivity contribution in [1.29, 1.82) is 0 Å². The molecule has 156 valence electrons. The van der Waals surface area contributed by atoms with Crippen molar-refractivity contribution in [1.82, 2.24) is 15.0 Å². The summed E-state index contributed by atoms with van der Waals surface area (Å²) in [7, 11) is 0. The molecular weight excluding hydrogens is 446 g/mol. The molecule has 1 aliphatic heterocycles. The van der Waals surface area contributed by atoms with Gasteiger partial charge in [0.05, 0.1) is 6.61 Å². The average molecular weight is 470 g/mol. The first-order valence-corrected chi connectivity index (χ1v) is 11.0. The summed E-state index contributed by atoms with van der Waals surface area (Å²) < 4.78 is 12.3. The van der Waals surface area contributed by atoms with E-state index in [2.05, 4.69) is 33.0 Å². The number of nitrogens with zero attached hydrogens (tertiary/aromatic N) is 3. The Morgan fingerprint density at radius 3 is 2.83 bits per heavy atom. The predicted molar refractivity (Wildman–Crippen MR) is 117 cm³/mol. The van der Waals surface area contributed by atoms with Crippen molar-refractivity contribution in [2.75, 3.05) is 6.61 Å². The minimum Gasteiger partial charge on any atom is -0.494 e. The third-order valence-electron chi connectivity index (χ3n) is 5.18. The lowest BCUT2D eigenvalue weighted by Crippen LogP contribution is -2.27. The molecule has 1 aliphatic rings. The summed E-state index contributed by atoms with van der Waals surface area (Å²) in [6.45, 7) is 3.37. The highest BCUT2D eigenvalue weighted by molar-refractivity contribution is 9.10. The summed E-state index contributed by atoms with van der Waals surface area (Å²) in [5.74, 6) is 1.94. The first-order chi connectivity index (χ1) is 14.6. The van der Waals surface area contributed by atoms with Gasteiger partial charge >= 0.3 is 0 Å². The third kappa shape index (κ3) is 4.73. The van der Waals surface area contributed by atoms with Gasteiger partial charge < -0.3 is 14.2 Å². The van der Waals surface area contributed by atoms with E-state index in [9.17, 15) is 4.79 Å². The molecule has 1 unspecified atom stereocenters. The number of benzene rings is 2. The zero-order valence-electron chi connectivity index (χ0n) is 16.9. The van der Waals surface area contributed by atoms with Gasteiger partial charge in [-0.15, -0.1) is 0 Å². The maximum absolute atomic E-state index is 12.5. The van der Waals surface area contributed by atoms with Crippen LogP contribution in [0, 0.1) is 0 Å². The van der Waals surface area contributed by atoms with Crippen LogP contribution in [0.2, 0.25) is 0 Å². The Kier molecular flexibility index (Phi) is 6.47. The van der Waals surface area contributed by atoms with E-state index in [1.807, 2.05) is 53.4 Å². The summed E-state index contributed by atoms with van der Waals surface area (Å²) in [5.41, 5.74) is 1.92. The zero-order valence-corrected chi connectivity index (χ0v) is 18.5. The number of amides is 1. The third-order valence-corrected chi connectivity index (χ3v) is 5.67. The van der Waals surface area contributed by atoms with Gasteiger partial charge in [0.2, 0.25) is 17.6 Å². The monoisotopic (exact) mass is 469 g/mol. The summed E-state index contributed by atoms with van der Waals surface area (Å²) in [6, 6.07) is 15.5. The van der Waals surface area contributed by atoms with Crippen LogP contribution in [0.15, 0.2) is 57.5 Å². The molecule has 4 rings (SSSR count). The van der Waals surface area contributed by atoms with Crippen molar-refractivity contribution in [3.05, 3.63) is 64.5 Å². The second-order valence-corrected chi connectivity index (χ2v) is 8.30. The fourth-order valence-electron chi connectivity index (χ4n) is 3.54. The largest absolute Gasteiger partial charge is 0.494 e. The van der Waals surface area contributed by atoms with E-state index in [1.54, 1.807) is 0 Å². The molecule has 0 aliphatic carbocycles. The highest BCUT2D eigenvalue weighted by atomic mass is 79.9. The lowest BCUT2D eigenvalue weighted by molar-refractivity contribution is -0.129. The van der Waals surface area contributed by atoms with E-state index < -0.39 is 0 Å². The number of carbonyl (C=O) groups excluding carboxylic acids is 1. The van der Waals surface area contributed by atoms with Gasteiger partial charge in [-0.05, 0) is 54.8 Å². The molecule has 0 radical (unpaired) electrons. The smallest absolute Gasteiger partial charge is 0.249 e. The van der Waals surface area contributed by atoms with E-state index in [-0.39, 0.29) is 11.9 Å². The van der Waals surface area contributed by atoms with Crippen molar-refractivity contribution in [2.45, 2.75) is 45.2 Å². The van der Waals surface area contributed by atoms with Gasteiger partial charge in [0.25, 0.3) is 0 Å². The molecule has 0 bridgehead atoms. The van der Waals surface area contributed by atoms with Crippen molar-refractivity contribution < 1.29 is 14.1 Å². The Labute approximate surface area is 184 Å². The number of unbranched alkanes of at least 4 members (excludes halogenated alkanes) is 1. The van der Waals surface area contributed by atoms with Crippen molar-refractivity contribution in [3.63, 3.8) is 0 Å². The Morgan fingerprint density at radius 2 is 2.07 bits per heavy atom. The van der Waals surface area contributed by atoms with Crippen molar-refractivity contribution in [2.24, 2.45) is 0 Å². The fraction of sp³-hybridized carbons (Fsp3) is 0.348. The number of aromatic nitrogens is 2. The molecule has 1 fully saturated rings. The molecule has 1 saturated heterocycles. The first-order valence-electron chi connectivity index (χ1n) is 10.2. The lowest BCUT2D eigenvalue weighted by Gasteiger charge is -2.22. The van der Waals surface area contributed by atoms with Crippen molar-refractivity contribution >= 4 is 21.8 Å². The van der Waals surface area contributed by atoms with Crippen molar-refractivity contribution in [3.8, 4) is 17.1 Å². The second-order valence-electron chi connectivity index (χ2n) is 7.39. The van der Waals surface area contributed by atoms with E-state index in [1.165, 1.54) is 0 Å². The normalized spacial score (nSPS) is 16.3. The van der Waals surface area contributed by atoms with Crippen LogP contribution >= 0.6 is 15.9 Å². The molecule has 1 amide bonds. The molecule has 2 heterocycles. The molecule has 6 nitrogen and oxygen atoms in total. The van der Waals surface area contributed by atoms with Gasteiger partial charge in [-0.2, -0.15) is 4.98 Å². The second kappa shape index (κ2) is 9.43. The standard InChI is InChI=1S/C23H24BrN3O3/c1-2-3-13-29-19-9-7-17(8-10-19)22-25-23(30-26-22)20-11-12-21(28)27(20)15-16-5-4-6-18(24)14-16/h4-10,14,20H,2-3,11-13,15H2,1H3. The SMILES string of the molecule is CCCCOc1ccc(-c2noc(C3CCC(=O)N3Cc3cccc(Br)c3)n2)cc1. The topological polar surface area (TPSA) is 68.5 Å². The maximum atomic E-state index is 12.5. The van der Waals surface area contributed by atoms with Crippen LogP contribution in [0.1, 0.15) is 50.1 Å². The van der Waals surface area contributed by atoms with Gasteiger partial charge in [0, 0.05) is 23.0 Å². The Hall–Kier alpha value is -2.67. The molecular formula is C23H24BrN3O3. The summed E-state index contributed by atoms with van der Waals surface area (Å²) in [5, 5.41) is 4.14. The van der Waals surface area contributed by atoms with E-state index in [0.717, 1.165) is 34.2 Å². The number of hydrogen-bond donors (Lipinski definition) is 0. The van der Waals surface area contributed by atoms with E-state index >= 15 is 0 Å². The Morgan fingerprint density at radius 1 is 1.23 bits per heavy atom. The number of likely N-dealkylation sites (tertiary alicyclic amines) is 1. The summed E-state index contributed by atoms with van der Waals surface area (Å²) in [6.07, 6.45) is 3.30. The molecule has 30 heavy (non-hydrogen) atoms. The molecule has 1 atom stereocenters. The molecule has 2 aromatic carbocycles. The Bertz CT molecular complexity index is 1000. The molecule has 0 saturated carbocycles. The van der Waals surface area contributed by atoms with Crippen LogP contribution in [0.4, 0.5) is 0 Å². The number of hydrogen-bond acceptors (Lipinski definition) is 5. The summed E-state index contributed by atoms with van der Waals surface area (Å²) in [4.78, 5) is 18.9. The van der Waals surface area contributed by atoms with Crippen LogP contribution < -0.4 is 4.74 Å². The zero-order chi connectivity index (χ0) is 20.9. The molecule has 0 N–H and O–H groups in total. The van der Waals surface area contributed by atoms with E-state index in [0.29, 0.717) is 37.7 Å². The van der Waals surface area contributed by atoms with Gasteiger partial charge in [-0.25, -0.2) is 0 Å². The number of rotatable bonds is 8. The predicted octanol–water partition coefficient (Wildman–Crippen LogP) is 5.54. The van der Waals surface area contributed by atoms with Gasteiger partial charge in [0.1, 0.15) is 11.8 Å². The van der Waals surface area contributed by atoms with Crippen LogP contribution in [0.25, 0.3) is 11.4 Å². The van der Waals surface area contributed by atoms with Gasteiger partial charge in [0.15, 0.2) is 0 Å². The molecule has 3 aromatic rings. The molecule has 1 aromatic heterocycles. The minimum absolute atomic E-state index is 0.105. The first kappa shape index (κ1) is 20.6. The number of carbonyl (C=O) groups is 1. The molecule has 7 heteroatoms. The minimum atomic E-state index is -0.200. The lowest BCUT2D eigenvalue weighted by atomic mass is 10.1. The number of ether oxygens (including phenoxy) is 1. The summed E-state index contributed by atoms with van der Waals surface area (Å²) >= 11 is 3.49. The highest BCUT2D eigenvalue weighted by Crippen LogP contribution is 2.34. The number of halogens is 1. The van der Waals surface area contributed by atoms with Crippen LogP contribution in [-0.4, -0.2) is 27.6 Å². The fourth-order valence-corrected chi connectivity index (χ4v) is 3.99. The van der Waals surface area contributed by atoms with Crippen LogP contribution in [0.5, 0.6) is 5.75 Å². The maximum Gasteiger partial charge on any atom is 0.249 e. The molecule has 0 spiro atoms. The van der Waals surface area contributed by atoms with Crippen LogP contribution in [0.3, 0.4) is 0 Å². The Balaban J connectivity index is 1.47. The van der Waals surface area contributed by atoms with E-state index in [4.69, 9.17) is 9.26 Å². The van der Waals surface area contributed by atoms with Crippen LogP contribution in [-0.2, 0) is 11.3 Å². The van der Waals surface area contributed by atoms with Gasteiger partial charge in [-0.3, -0.25) is 4.79 Å². The average Bonchev–Trinajstić information content (AvgIpc) is 3.36. The highest BCUT2D eigenvalue weighted by Gasteiger charge is 2.36. The van der Waals surface area contributed by atoms with Gasteiger partial charge in [-0.1, -0.05) is 46.6 Å². The quantitative estimate of drug-likeness (QED) is 0.405.